The average molecular weight is 355 g/mol. The summed E-state index contributed by atoms with van der Waals surface area (Å²) >= 11 is 3.42. The predicted octanol–water partition coefficient (Wildman–Crippen LogP) is 3.67. The second-order valence-electron chi connectivity index (χ2n) is 5.60. The third-order valence-electron chi connectivity index (χ3n) is 3.86. The van der Waals surface area contributed by atoms with Gasteiger partial charge < -0.3 is 15.7 Å². The number of aryl methyl sites for hydroxylation is 1. The summed E-state index contributed by atoms with van der Waals surface area (Å²) in [6.45, 7) is 1.97. The molecule has 0 heterocycles. The van der Waals surface area contributed by atoms with Crippen LogP contribution in [0.1, 0.15) is 37.7 Å². The van der Waals surface area contributed by atoms with Crippen LogP contribution in [0, 0.1) is 6.92 Å². The molecule has 6 heteroatoms. The third-order valence-corrected chi connectivity index (χ3v) is 4.71. The first-order valence-electron chi connectivity index (χ1n) is 6.97. The second-order valence-corrected chi connectivity index (χ2v) is 6.46. The molecule has 0 aromatic heterocycles. The number of carbonyl (C=O) groups excluding carboxylic acids is 1. The van der Waals surface area contributed by atoms with Crippen LogP contribution in [0.15, 0.2) is 22.7 Å². The van der Waals surface area contributed by atoms with Gasteiger partial charge in [-0.2, -0.15) is 0 Å². The van der Waals surface area contributed by atoms with Crippen molar-refractivity contribution in [2.24, 2.45) is 0 Å². The van der Waals surface area contributed by atoms with Gasteiger partial charge in [-0.05, 0) is 37.5 Å². The summed E-state index contributed by atoms with van der Waals surface area (Å²) in [6.07, 6.45) is 3.29. The van der Waals surface area contributed by atoms with E-state index in [-0.39, 0.29) is 12.5 Å². The standard InChI is InChI=1S/C15H19BrN2O3/c1-10-4-5-11(8-12(10)16)17-14(21)18-15(9-13(19)20)6-2-3-7-15/h4-5,8H,2-3,6-7,9H2,1H3,(H,19,20)(H2,17,18,21). The molecule has 1 aliphatic carbocycles. The zero-order valence-electron chi connectivity index (χ0n) is 11.9. The first-order chi connectivity index (χ1) is 9.90. The maximum atomic E-state index is 12.1. The lowest BCUT2D eigenvalue weighted by molar-refractivity contribution is -0.138. The fourth-order valence-corrected chi connectivity index (χ4v) is 3.14. The Kier molecular flexibility index (Phi) is 4.88. The molecule has 0 saturated heterocycles. The maximum Gasteiger partial charge on any atom is 0.319 e. The zero-order chi connectivity index (χ0) is 15.5. The fourth-order valence-electron chi connectivity index (χ4n) is 2.76. The molecule has 1 aliphatic rings. The molecular weight excluding hydrogens is 336 g/mol. The van der Waals surface area contributed by atoms with Crippen LogP contribution in [-0.2, 0) is 4.79 Å². The van der Waals surface area contributed by atoms with Gasteiger partial charge in [0, 0.05) is 10.2 Å². The maximum absolute atomic E-state index is 12.1. The number of aliphatic carboxylic acids is 1. The van der Waals surface area contributed by atoms with E-state index in [1.807, 2.05) is 25.1 Å². The smallest absolute Gasteiger partial charge is 0.319 e. The van der Waals surface area contributed by atoms with E-state index in [9.17, 15) is 9.59 Å². The SMILES string of the molecule is Cc1ccc(NC(=O)NC2(CC(=O)O)CCCC2)cc1Br. The van der Waals surface area contributed by atoms with Gasteiger partial charge in [-0.3, -0.25) is 4.79 Å². The summed E-state index contributed by atoms with van der Waals surface area (Å²) in [7, 11) is 0. The van der Waals surface area contributed by atoms with Gasteiger partial charge in [0.1, 0.15) is 0 Å². The van der Waals surface area contributed by atoms with E-state index in [4.69, 9.17) is 5.11 Å². The first-order valence-corrected chi connectivity index (χ1v) is 7.77. The Hall–Kier alpha value is -1.56. The normalized spacial score (nSPS) is 16.5. The van der Waals surface area contributed by atoms with Gasteiger partial charge in [-0.15, -0.1) is 0 Å². The van der Waals surface area contributed by atoms with Gasteiger partial charge in [0.05, 0.1) is 12.0 Å². The Labute approximate surface area is 132 Å². The number of carbonyl (C=O) groups is 2. The molecule has 0 spiro atoms. The van der Waals surface area contributed by atoms with Crippen molar-refractivity contribution in [3.63, 3.8) is 0 Å². The Morgan fingerprint density at radius 2 is 2.00 bits per heavy atom. The van der Waals surface area contributed by atoms with Gasteiger partial charge in [0.25, 0.3) is 0 Å². The Morgan fingerprint density at radius 1 is 1.33 bits per heavy atom. The van der Waals surface area contributed by atoms with Gasteiger partial charge in [-0.1, -0.05) is 34.8 Å². The van der Waals surface area contributed by atoms with E-state index >= 15 is 0 Å². The highest BCUT2D eigenvalue weighted by Crippen LogP contribution is 2.32. The van der Waals surface area contributed by atoms with Crippen molar-refractivity contribution in [3.05, 3.63) is 28.2 Å². The lowest BCUT2D eigenvalue weighted by atomic mass is 9.93. The number of benzene rings is 1. The molecule has 2 amide bonds. The van der Waals surface area contributed by atoms with Crippen LogP contribution >= 0.6 is 15.9 Å². The van der Waals surface area contributed by atoms with Gasteiger partial charge >= 0.3 is 12.0 Å². The molecule has 0 atom stereocenters. The van der Waals surface area contributed by atoms with Gasteiger partial charge in [0.15, 0.2) is 0 Å². The van der Waals surface area contributed by atoms with Crippen molar-refractivity contribution in [1.82, 2.24) is 5.32 Å². The number of anilines is 1. The number of carboxylic acid groups (broad SMARTS) is 1. The summed E-state index contributed by atoms with van der Waals surface area (Å²) in [4.78, 5) is 23.1. The lowest BCUT2D eigenvalue weighted by Gasteiger charge is -2.28. The molecule has 114 valence electrons. The summed E-state index contributed by atoms with van der Waals surface area (Å²) in [5.41, 5.74) is 1.14. The van der Waals surface area contributed by atoms with Crippen LogP contribution < -0.4 is 10.6 Å². The molecule has 1 aromatic carbocycles. The number of hydrogen-bond acceptors (Lipinski definition) is 2. The van der Waals surface area contributed by atoms with E-state index in [1.165, 1.54) is 0 Å². The molecule has 2 rings (SSSR count). The second kappa shape index (κ2) is 6.47. The zero-order valence-corrected chi connectivity index (χ0v) is 13.5. The number of amides is 2. The van der Waals surface area contributed by atoms with E-state index in [1.54, 1.807) is 0 Å². The van der Waals surface area contributed by atoms with E-state index in [0.717, 1.165) is 22.9 Å². The number of halogens is 1. The molecule has 0 unspecified atom stereocenters. The molecule has 5 nitrogen and oxygen atoms in total. The van der Waals surface area contributed by atoms with Crippen LogP contribution in [0.3, 0.4) is 0 Å². The summed E-state index contributed by atoms with van der Waals surface area (Å²) in [6, 6.07) is 5.20. The molecule has 0 bridgehead atoms. The van der Waals surface area contributed by atoms with Crippen molar-refractivity contribution in [2.75, 3.05) is 5.32 Å². The highest BCUT2D eigenvalue weighted by molar-refractivity contribution is 9.10. The van der Waals surface area contributed by atoms with E-state index < -0.39 is 11.5 Å². The van der Waals surface area contributed by atoms with Crippen molar-refractivity contribution in [1.29, 1.82) is 0 Å². The van der Waals surface area contributed by atoms with Crippen LogP contribution in [0.25, 0.3) is 0 Å². The number of carboxylic acids is 1. The molecule has 1 saturated carbocycles. The van der Waals surface area contributed by atoms with Crippen LogP contribution in [0.5, 0.6) is 0 Å². The minimum Gasteiger partial charge on any atom is -0.481 e. The average Bonchev–Trinajstić information content (AvgIpc) is 2.80. The van der Waals surface area contributed by atoms with Gasteiger partial charge in [0.2, 0.25) is 0 Å². The molecule has 3 N–H and O–H groups in total. The van der Waals surface area contributed by atoms with Gasteiger partial charge in [-0.25, -0.2) is 4.79 Å². The number of urea groups is 1. The van der Waals surface area contributed by atoms with E-state index in [0.29, 0.717) is 18.5 Å². The molecule has 0 aliphatic heterocycles. The summed E-state index contributed by atoms with van der Waals surface area (Å²) < 4.78 is 0.918. The Morgan fingerprint density at radius 3 is 2.57 bits per heavy atom. The lowest BCUT2D eigenvalue weighted by Crippen LogP contribution is -2.49. The minimum atomic E-state index is -0.879. The summed E-state index contributed by atoms with van der Waals surface area (Å²) in [5.74, 6) is -0.879. The van der Waals surface area contributed by atoms with E-state index in [2.05, 4.69) is 26.6 Å². The van der Waals surface area contributed by atoms with Crippen LogP contribution in [0.4, 0.5) is 10.5 Å². The van der Waals surface area contributed by atoms with Crippen molar-refractivity contribution < 1.29 is 14.7 Å². The molecule has 0 radical (unpaired) electrons. The first kappa shape index (κ1) is 15.8. The van der Waals surface area contributed by atoms with Crippen molar-refractivity contribution in [3.8, 4) is 0 Å². The fraction of sp³-hybridized carbons (Fsp3) is 0.467. The minimum absolute atomic E-state index is 0.0297. The van der Waals surface area contributed by atoms with Crippen LogP contribution in [0.2, 0.25) is 0 Å². The highest BCUT2D eigenvalue weighted by atomic mass is 79.9. The van der Waals surface area contributed by atoms with Crippen LogP contribution in [-0.4, -0.2) is 22.6 Å². The Bertz CT molecular complexity index is 554. The molecule has 21 heavy (non-hydrogen) atoms. The Balaban J connectivity index is 2.02. The van der Waals surface area contributed by atoms with Crippen molar-refractivity contribution >= 4 is 33.6 Å². The van der Waals surface area contributed by atoms with Crippen molar-refractivity contribution in [2.45, 2.75) is 44.6 Å². The number of hydrogen-bond donors (Lipinski definition) is 3. The number of nitrogens with one attached hydrogen (secondary N) is 2. The molecular formula is C15H19BrN2O3. The number of rotatable bonds is 4. The molecule has 1 fully saturated rings. The quantitative estimate of drug-likeness (QED) is 0.771. The topological polar surface area (TPSA) is 78.4 Å². The molecule has 1 aromatic rings. The third kappa shape index (κ3) is 4.20. The predicted molar refractivity (Wildman–Crippen MR) is 84.5 cm³/mol. The monoisotopic (exact) mass is 354 g/mol. The largest absolute Gasteiger partial charge is 0.481 e. The highest BCUT2D eigenvalue weighted by Gasteiger charge is 2.37. The summed E-state index contributed by atoms with van der Waals surface area (Å²) in [5, 5.41) is 14.7.